The normalized spacial score (nSPS) is 25.9. The van der Waals surface area contributed by atoms with E-state index in [4.69, 9.17) is 30.9 Å². The highest BCUT2D eigenvalue weighted by molar-refractivity contribution is 7.54. The van der Waals surface area contributed by atoms with Gasteiger partial charge in [0.05, 0.1) is 17.4 Å². The number of hydrogen-bond acceptors (Lipinski definition) is 8. The molecule has 0 aliphatic carbocycles. The maximum absolute atomic E-state index is 13.0. The van der Waals surface area contributed by atoms with Crippen LogP contribution in [0.1, 0.15) is 54.2 Å². The predicted octanol–water partition coefficient (Wildman–Crippen LogP) is 2.32. The summed E-state index contributed by atoms with van der Waals surface area (Å²) in [6.45, 7) is 10.5. The van der Waals surface area contributed by atoms with Crippen LogP contribution in [0, 0.1) is 12.3 Å². The standard InChI is InChI=1S/C21H34N3O7P/c1-8-12-28-17-16(31-32(26,27)20(3,4)5)14(13-29-21(6,7)9-2)30-18(17)24-11-10-15(22)23-19(24)25/h1,10-11,14,16-18H,9,12-13H2,2-7H3,(H,26,27)(H2,22,23,25). The van der Waals surface area contributed by atoms with Gasteiger partial charge in [0.25, 0.3) is 0 Å². The van der Waals surface area contributed by atoms with E-state index in [9.17, 15) is 14.3 Å². The Hall–Kier alpha value is -1.73. The highest BCUT2D eigenvalue weighted by atomic mass is 31.2. The molecule has 1 aliphatic heterocycles. The minimum atomic E-state index is -4.13. The van der Waals surface area contributed by atoms with E-state index in [0.29, 0.717) is 0 Å². The molecule has 1 fully saturated rings. The summed E-state index contributed by atoms with van der Waals surface area (Å²) in [7, 11) is -4.13. The van der Waals surface area contributed by atoms with Gasteiger partial charge in [0, 0.05) is 6.20 Å². The average molecular weight is 471 g/mol. The molecule has 2 heterocycles. The fourth-order valence-electron chi connectivity index (χ4n) is 2.87. The Morgan fingerprint density at radius 1 is 1.34 bits per heavy atom. The molecule has 10 nitrogen and oxygen atoms in total. The fourth-order valence-corrected chi connectivity index (χ4v) is 3.77. The molecule has 1 aliphatic rings. The molecule has 0 saturated carbocycles. The first-order chi connectivity index (χ1) is 14.7. The summed E-state index contributed by atoms with van der Waals surface area (Å²) in [4.78, 5) is 26.9. The van der Waals surface area contributed by atoms with Crippen molar-refractivity contribution < 1.29 is 28.2 Å². The van der Waals surface area contributed by atoms with E-state index in [1.807, 2.05) is 20.8 Å². The topological polar surface area (TPSA) is 135 Å². The summed E-state index contributed by atoms with van der Waals surface area (Å²) in [5.41, 5.74) is 4.47. The number of nitrogens with zero attached hydrogens (tertiary/aromatic N) is 2. The van der Waals surface area contributed by atoms with Crippen molar-refractivity contribution in [2.45, 2.75) is 83.3 Å². The van der Waals surface area contributed by atoms with Gasteiger partial charge in [-0.3, -0.25) is 13.7 Å². The number of nitrogens with two attached hydrogens (primary N) is 1. The summed E-state index contributed by atoms with van der Waals surface area (Å²) in [6.07, 6.45) is 3.66. The zero-order chi connectivity index (χ0) is 24.3. The van der Waals surface area contributed by atoms with Crippen molar-refractivity contribution in [1.82, 2.24) is 9.55 Å². The molecule has 0 amide bonds. The molecule has 5 unspecified atom stereocenters. The quantitative estimate of drug-likeness (QED) is 0.411. The number of aromatic nitrogens is 2. The van der Waals surface area contributed by atoms with Gasteiger partial charge in [0.1, 0.15) is 30.7 Å². The number of anilines is 1. The van der Waals surface area contributed by atoms with Gasteiger partial charge in [-0.25, -0.2) is 4.79 Å². The molecule has 0 aromatic carbocycles. The first kappa shape index (κ1) is 26.5. The third-order valence-corrected chi connectivity index (χ3v) is 7.60. The van der Waals surface area contributed by atoms with Gasteiger partial charge in [-0.05, 0) is 47.1 Å². The zero-order valence-electron chi connectivity index (χ0n) is 19.5. The summed E-state index contributed by atoms with van der Waals surface area (Å²) in [6, 6.07) is 1.44. The monoisotopic (exact) mass is 471 g/mol. The number of hydrogen-bond donors (Lipinski definition) is 2. The molecule has 180 valence electrons. The van der Waals surface area contributed by atoms with E-state index in [-0.39, 0.29) is 19.0 Å². The van der Waals surface area contributed by atoms with Crippen molar-refractivity contribution in [3.8, 4) is 12.3 Å². The van der Waals surface area contributed by atoms with Gasteiger partial charge in [0.15, 0.2) is 6.23 Å². The highest BCUT2D eigenvalue weighted by Gasteiger charge is 2.52. The van der Waals surface area contributed by atoms with Gasteiger partial charge >= 0.3 is 13.3 Å². The molecule has 1 aromatic rings. The van der Waals surface area contributed by atoms with Gasteiger partial charge < -0.3 is 24.8 Å². The van der Waals surface area contributed by atoms with Crippen LogP contribution in [0.5, 0.6) is 0 Å². The van der Waals surface area contributed by atoms with Crippen LogP contribution < -0.4 is 11.4 Å². The second kappa shape index (κ2) is 10.0. The van der Waals surface area contributed by atoms with Crippen molar-refractivity contribution in [3.05, 3.63) is 22.7 Å². The summed E-state index contributed by atoms with van der Waals surface area (Å²) < 4.78 is 37.8. The molecule has 2 rings (SSSR count). The van der Waals surface area contributed by atoms with Crippen molar-refractivity contribution in [2.75, 3.05) is 18.9 Å². The number of nitrogen functional groups attached to an aromatic ring is 1. The lowest BCUT2D eigenvalue weighted by atomic mass is 10.1. The molecule has 1 saturated heterocycles. The highest BCUT2D eigenvalue weighted by Crippen LogP contribution is 2.57. The Balaban J connectivity index is 2.48. The van der Waals surface area contributed by atoms with E-state index in [0.717, 1.165) is 6.42 Å². The van der Waals surface area contributed by atoms with Gasteiger partial charge in [-0.1, -0.05) is 12.8 Å². The van der Waals surface area contributed by atoms with Crippen LogP contribution in [-0.2, 0) is 23.3 Å². The summed E-state index contributed by atoms with van der Waals surface area (Å²) in [5, 5.41) is -1.06. The lowest BCUT2D eigenvalue weighted by Crippen LogP contribution is -2.41. The molecular weight excluding hydrogens is 437 g/mol. The third-order valence-electron chi connectivity index (χ3n) is 5.37. The van der Waals surface area contributed by atoms with Crippen LogP contribution in [0.4, 0.5) is 5.82 Å². The minimum absolute atomic E-state index is 0.0409. The largest absolute Gasteiger partial charge is 0.383 e. The van der Waals surface area contributed by atoms with E-state index >= 15 is 0 Å². The van der Waals surface area contributed by atoms with Gasteiger partial charge in [-0.2, -0.15) is 4.98 Å². The maximum atomic E-state index is 13.0. The number of ether oxygens (including phenoxy) is 3. The molecule has 0 bridgehead atoms. The minimum Gasteiger partial charge on any atom is -0.383 e. The van der Waals surface area contributed by atoms with E-state index in [1.165, 1.54) is 16.8 Å². The number of rotatable bonds is 9. The smallest absolute Gasteiger partial charge is 0.351 e. The second-order valence-corrected chi connectivity index (χ2v) is 11.9. The molecule has 5 atom stereocenters. The van der Waals surface area contributed by atoms with Crippen LogP contribution in [0.25, 0.3) is 0 Å². The molecule has 3 N–H and O–H groups in total. The van der Waals surface area contributed by atoms with Crippen LogP contribution in [0.3, 0.4) is 0 Å². The molecule has 0 spiro atoms. The van der Waals surface area contributed by atoms with E-state index in [2.05, 4.69) is 10.9 Å². The average Bonchev–Trinajstić information content (AvgIpc) is 3.00. The van der Waals surface area contributed by atoms with Crippen molar-refractivity contribution in [2.24, 2.45) is 0 Å². The first-order valence-electron chi connectivity index (χ1n) is 10.4. The van der Waals surface area contributed by atoms with E-state index in [1.54, 1.807) is 20.8 Å². The Kier molecular flexibility index (Phi) is 8.32. The molecule has 1 aromatic heterocycles. The SMILES string of the molecule is C#CCOC1C(OP(=O)(O)C(C)(C)C)C(COC(C)(C)CC)OC1n1ccc(N)nc1=O. The second-order valence-electron chi connectivity index (χ2n) is 9.27. The first-order valence-corrected chi connectivity index (χ1v) is 12.0. The lowest BCUT2D eigenvalue weighted by molar-refractivity contribution is -0.107. The lowest BCUT2D eigenvalue weighted by Gasteiger charge is -2.32. The Labute approximate surface area is 188 Å². The Morgan fingerprint density at radius 2 is 2.00 bits per heavy atom. The number of terminal acetylenes is 1. The fraction of sp³-hybridized carbons (Fsp3) is 0.714. The Bertz CT molecular complexity index is 935. The summed E-state index contributed by atoms with van der Waals surface area (Å²) in [5.74, 6) is 2.42. The van der Waals surface area contributed by atoms with Crippen molar-refractivity contribution in [3.63, 3.8) is 0 Å². The van der Waals surface area contributed by atoms with Crippen LogP contribution in [-0.4, -0.2) is 56.7 Å². The maximum Gasteiger partial charge on any atom is 0.351 e. The molecular formula is C21H34N3O7P. The van der Waals surface area contributed by atoms with Crippen LogP contribution in [0.15, 0.2) is 17.1 Å². The van der Waals surface area contributed by atoms with Crippen molar-refractivity contribution >= 4 is 13.4 Å². The molecule has 32 heavy (non-hydrogen) atoms. The Morgan fingerprint density at radius 3 is 2.53 bits per heavy atom. The third kappa shape index (κ3) is 6.19. The van der Waals surface area contributed by atoms with E-state index < -0.39 is 48.6 Å². The van der Waals surface area contributed by atoms with Crippen LogP contribution in [0.2, 0.25) is 0 Å². The van der Waals surface area contributed by atoms with Crippen molar-refractivity contribution in [1.29, 1.82) is 0 Å². The van der Waals surface area contributed by atoms with Gasteiger partial charge in [-0.15, -0.1) is 6.42 Å². The zero-order valence-corrected chi connectivity index (χ0v) is 20.4. The van der Waals surface area contributed by atoms with Crippen LogP contribution >= 0.6 is 7.60 Å². The molecule has 11 heteroatoms. The summed E-state index contributed by atoms with van der Waals surface area (Å²) >= 11 is 0. The molecule has 0 radical (unpaired) electrons. The predicted molar refractivity (Wildman–Crippen MR) is 120 cm³/mol. The van der Waals surface area contributed by atoms with Gasteiger partial charge in [0.2, 0.25) is 0 Å².